The second kappa shape index (κ2) is 5.06. The van der Waals surface area contributed by atoms with E-state index >= 15 is 0 Å². The van der Waals surface area contributed by atoms with Gasteiger partial charge in [0.25, 0.3) is 0 Å². The molecular weight excluding hydrogens is 236 g/mol. The first-order valence-electron chi connectivity index (χ1n) is 6.72. The fourth-order valence-corrected chi connectivity index (χ4v) is 2.68. The van der Waals surface area contributed by atoms with E-state index in [-0.39, 0.29) is 0 Å². The van der Waals surface area contributed by atoms with Gasteiger partial charge in [-0.05, 0) is 18.1 Å². The molecule has 2 heteroatoms. The molecular formula is C17H18O2. The minimum atomic E-state index is -0.505. The summed E-state index contributed by atoms with van der Waals surface area (Å²) in [5.74, 6) is 0.891. The number of para-hydroxylation sites is 1. The van der Waals surface area contributed by atoms with Crippen LogP contribution in [-0.4, -0.2) is 11.7 Å². The van der Waals surface area contributed by atoms with Crippen LogP contribution in [0.5, 0.6) is 5.75 Å². The monoisotopic (exact) mass is 254 g/mol. The molecule has 0 saturated carbocycles. The van der Waals surface area contributed by atoms with E-state index in [1.807, 2.05) is 18.2 Å². The van der Waals surface area contributed by atoms with Crippen molar-refractivity contribution in [3.63, 3.8) is 0 Å². The fourth-order valence-electron chi connectivity index (χ4n) is 2.68. The van der Waals surface area contributed by atoms with Crippen LogP contribution in [0.25, 0.3) is 0 Å². The Bertz CT molecular complexity index is 590. The first kappa shape index (κ1) is 12.2. The van der Waals surface area contributed by atoms with Crippen molar-refractivity contribution in [2.45, 2.75) is 25.9 Å². The van der Waals surface area contributed by atoms with Crippen molar-refractivity contribution < 1.29 is 9.84 Å². The SMILES string of the molecule is Cc1cccc(CC(O)c2cccc3c2OCC3)c1. The normalized spacial score (nSPS) is 14.8. The molecule has 2 nitrogen and oxygen atoms in total. The first-order valence-corrected chi connectivity index (χ1v) is 6.72. The van der Waals surface area contributed by atoms with Crippen LogP contribution in [0.15, 0.2) is 42.5 Å². The lowest BCUT2D eigenvalue weighted by Crippen LogP contribution is -2.04. The molecule has 0 aromatic heterocycles. The van der Waals surface area contributed by atoms with Gasteiger partial charge in [0.05, 0.1) is 12.7 Å². The average molecular weight is 254 g/mol. The molecule has 98 valence electrons. The number of rotatable bonds is 3. The van der Waals surface area contributed by atoms with Gasteiger partial charge in [-0.3, -0.25) is 0 Å². The van der Waals surface area contributed by atoms with E-state index in [2.05, 4.69) is 31.2 Å². The number of ether oxygens (including phenoxy) is 1. The first-order chi connectivity index (χ1) is 9.24. The molecule has 0 radical (unpaired) electrons. The highest BCUT2D eigenvalue weighted by Gasteiger charge is 2.20. The lowest BCUT2D eigenvalue weighted by Gasteiger charge is -2.15. The second-order valence-corrected chi connectivity index (χ2v) is 5.14. The molecule has 19 heavy (non-hydrogen) atoms. The van der Waals surface area contributed by atoms with E-state index in [4.69, 9.17) is 4.74 Å². The van der Waals surface area contributed by atoms with Gasteiger partial charge >= 0.3 is 0 Å². The van der Waals surface area contributed by atoms with Gasteiger partial charge in [-0.2, -0.15) is 0 Å². The van der Waals surface area contributed by atoms with Crippen LogP contribution in [0.1, 0.15) is 28.4 Å². The number of aliphatic hydroxyl groups is 1. The van der Waals surface area contributed by atoms with Crippen molar-refractivity contribution in [1.82, 2.24) is 0 Å². The van der Waals surface area contributed by atoms with Gasteiger partial charge in [-0.15, -0.1) is 0 Å². The Hall–Kier alpha value is -1.80. The van der Waals surface area contributed by atoms with Gasteiger partial charge in [0.15, 0.2) is 0 Å². The summed E-state index contributed by atoms with van der Waals surface area (Å²) < 4.78 is 5.65. The largest absolute Gasteiger partial charge is 0.493 e. The maximum Gasteiger partial charge on any atom is 0.128 e. The van der Waals surface area contributed by atoms with Crippen molar-refractivity contribution in [1.29, 1.82) is 0 Å². The summed E-state index contributed by atoms with van der Waals surface area (Å²) >= 11 is 0. The Morgan fingerprint density at radius 1 is 1.21 bits per heavy atom. The Morgan fingerprint density at radius 3 is 2.89 bits per heavy atom. The quantitative estimate of drug-likeness (QED) is 0.911. The van der Waals surface area contributed by atoms with Crippen molar-refractivity contribution in [3.8, 4) is 5.75 Å². The number of hydrogen-bond acceptors (Lipinski definition) is 2. The van der Waals surface area contributed by atoms with Crippen LogP contribution < -0.4 is 4.74 Å². The number of aryl methyl sites for hydroxylation is 1. The minimum absolute atomic E-state index is 0.505. The topological polar surface area (TPSA) is 29.5 Å². The Kier molecular flexibility index (Phi) is 3.26. The highest BCUT2D eigenvalue weighted by Crippen LogP contribution is 2.34. The maximum atomic E-state index is 10.4. The molecule has 1 atom stereocenters. The van der Waals surface area contributed by atoms with E-state index in [1.54, 1.807) is 0 Å². The Balaban J connectivity index is 1.85. The van der Waals surface area contributed by atoms with Crippen LogP contribution in [0.2, 0.25) is 0 Å². The van der Waals surface area contributed by atoms with Crippen LogP contribution in [0.4, 0.5) is 0 Å². The van der Waals surface area contributed by atoms with Crippen LogP contribution in [0, 0.1) is 6.92 Å². The van der Waals surface area contributed by atoms with Gasteiger partial charge in [0.2, 0.25) is 0 Å². The number of fused-ring (bicyclic) bond motifs is 1. The zero-order chi connectivity index (χ0) is 13.2. The molecule has 0 saturated heterocycles. The molecule has 0 fully saturated rings. The Morgan fingerprint density at radius 2 is 2.05 bits per heavy atom. The summed E-state index contributed by atoms with van der Waals surface area (Å²) in [6.07, 6.45) is 1.07. The summed E-state index contributed by atoms with van der Waals surface area (Å²) in [4.78, 5) is 0. The minimum Gasteiger partial charge on any atom is -0.493 e. The van der Waals surface area contributed by atoms with Gasteiger partial charge in [-0.1, -0.05) is 48.0 Å². The van der Waals surface area contributed by atoms with Crippen molar-refractivity contribution >= 4 is 0 Å². The van der Waals surface area contributed by atoms with E-state index < -0.39 is 6.10 Å². The number of hydrogen-bond donors (Lipinski definition) is 1. The summed E-state index contributed by atoms with van der Waals surface area (Å²) in [5, 5.41) is 10.4. The molecule has 0 aliphatic carbocycles. The third-order valence-corrected chi connectivity index (χ3v) is 3.62. The zero-order valence-corrected chi connectivity index (χ0v) is 11.1. The van der Waals surface area contributed by atoms with Gasteiger partial charge in [-0.25, -0.2) is 0 Å². The fraction of sp³-hybridized carbons (Fsp3) is 0.294. The average Bonchev–Trinajstić information content (AvgIpc) is 2.86. The molecule has 0 spiro atoms. The summed E-state index contributed by atoms with van der Waals surface area (Å²) in [6.45, 7) is 2.79. The molecule has 1 aliphatic rings. The molecule has 0 amide bonds. The van der Waals surface area contributed by atoms with Gasteiger partial charge < -0.3 is 9.84 Å². The summed E-state index contributed by atoms with van der Waals surface area (Å²) in [7, 11) is 0. The van der Waals surface area contributed by atoms with Crippen LogP contribution >= 0.6 is 0 Å². The van der Waals surface area contributed by atoms with Crippen molar-refractivity contribution in [3.05, 3.63) is 64.7 Å². The summed E-state index contributed by atoms with van der Waals surface area (Å²) in [5.41, 5.74) is 4.50. The third-order valence-electron chi connectivity index (χ3n) is 3.62. The number of aliphatic hydroxyl groups excluding tert-OH is 1. The molecule has 1 heterocycles. The van der Waals surface area contributed by atoms with Gasteiger partial charge in [0.1, 0.15) is 5.75 Å². The highest BCUT2D eigenvalue weighted by atomic mass is 16.5. The Labute approximate surface area is 113 Å². The zero-order valence-electron chi connectivity index (χ0n) is 11.1. The predicted octanol–water partition coefficient (Wildman–Crippen LogP) is 3.21. The molecule has 2 aromatic carbocycles. The number of benzene rings is 2. The van der Waals surface area contributed by atoms with E-state index in [1.165, 1.54) is 11.1 Å². The molecule has 1 N–H and O–H groups in total. The summed E-state index contributed by atoms with van der Waals surface area (Å²) in [6, 6.07) is 14.3. The maximum absolute atomic E-state index is 10.4. The molecule has 1 unspecified atom stereocenters. The lowest BCUT2D eigenvalue weighted by molar-refractivity contribution is 0.173. The highest BCUT2D eigenvalue weighted by molar-refractivity contribution is 5.45. The van der Waals surface area contributed by atoms with Crippen molar-refractivity contribution in [2.75, 3.05) is 6.61 Å². The van der Waals surface area contributed by atoms with E-state index in [0.717, 1.165) is 29.9 Å². The van der Waals surface area contributed by atoms with Crippen LogP contribution in [0.3, 0.4) is 0 Å². The smallest absolute Gasteiger partial charge is 0.128 e. The molecule has 1 aliphatic heterocycles. The third kappa shape index (κ3) is 2.49. The lowest BCUT2D eigenvalue weighted by atomic mass is 9.98. The molecule has 2 aromatic rings. The second-order valence-electron chi connectivity index (χ2n) is 5.14. The van der Waals surface area contributed by atoms with Gasteiger partial charge in [0, 0.05) is 18.4 Å². The molecule has 3 rings (SSSR count). The standard InChI is InChI=1S/C17H18O2/c1-12-4-2-5-13(10-12)11-16(18)15-7-3-6-14-8-9-19-17(14)15/h2-7,10,16,18H,8-9,11H2,1H3. The van der Waals surface area contributed by atoms with Crippen molar-refractivity contribution in [2.24, 2.45) is 0 Å². The predicted molar refractivity (Wildman–Crippen MR) is 75.5 cm³/mol. The van der Waals surface area contributed by atoms with E-state index in [9.17, 15) is 5.11 Å². The molecule has 0 bridgehead atoms. The van der Waals surface area contributed by atoms with E-state index in [0.29, 0.717) is 6.42 Å². The van der Waals surface area contributed by atoms with Crippen LogP contribution in [-0.2, 0) is 12.8 Å².